The summed E-state index contributed by atoms with van der Waals surface area (Å²) in [7, 11) is 1.50. The average molecular weight is 339 g/mol. The lowest BCUT2D eigenvalue weighted by Crippen LogP contribution is -2.45. The van der Waals surface area contributed by atoms with E-state index in [2.05, 4.69) is 5.32 Å². The summed E-state index contributed by atoms with van der Waals surface area (Å²) in [6, 6.07) is -0.732. The van der Waals surface area contributed by atoms with Crippen molar-refractivity contribution < 1.29 is 22.8 Å². The molecule has 1 unspecified atom stereocenters. The summed E-state index contributed by atoms with van der Waals surface area (Å²) in [6.07, 6.45) is 0. The molecule has 3 amide bonds. The maximum Gasteiger partial charge on any atom is 0.322 e. The van der Waals surface area contributed by atoms with Crippen LogP contribution < -0.4 is 5.32 Å². The number of likely N-dealkylation sites (N-methyl/N-ethyl adjacent to an activating group) is 1. The number of hydrogen-bond donors (Lipinski definition) is 1. The molecule has 24 heavy (non-hydrogen) atoms. The molecule has 0 saturated carbocycles. The number of nitrogens with zero attached hydrogens (tertiary/aromatic N) is 2. The van der Waals surface area contributed by atoms with Crippen LogP contribution in [0.15, 0.2) is 23.4 Å². The third-order valence-corrected chi connectivity index (χ3v) is 4.36. The molecular weight excluding hydrogens is 323 g/mol. The van der Waals surface area contributed by atoms with Gasteiger partial charge in [0.05, 0.1) is 23.9 Å². The van der Waals surface area contributed by atoms with Crippen LogP contribution in [0.5, 0.6) is 0 Å². The SMILES string of the molecule is CC(C)N1CC2=C(C1=O)C(c1cc(F)c(F)cc1F)NC(=O)N2C. The largest absolute Gasteiger partial charge is 0.331 e. The van der Waals surface area contributed by atoms with E-state index in [0.717, 1.165) is 0 Å². The third-order valence-electron chi connectivity index (χ3n) is 4.36. The molecule has 0 spiro atoms. The van der Waals surface area contributed by atoms with E-state index < -0.39 is 29.5 Å². The predicted octanol–water partition coefficient (Wildman–Crippen LogP) is 2.30. The van der Waals surface area contributed by atoms with Gasteiger partial charge in [0.1, 0.15) is 5.82 Å². The van der Waals surface area contributed by atoms with E-state index in [1.165, 1.54) is 16.8 Å². The van der Waals surface area contributed by atoms with Gasteiger partial charge in [0.15, 0.2) is 11.6 Å². The van der Waals surface area contributed by atoms with Gasteiger partial charge in [-0.1, -0.05) is 0 Å². The van der Waals surface area contributed by atoms with Gasteiger partial charge < -0.3 is 10.2 Å². The highest BCUT2D eigenvalue weighted by Gasteiger charge is 2.44. The molecule has 2 aliphatic heterocycles. The Morgan fingerprint density at radius 3 is 2.38 bits per heavy atom. The van der Waals surface area contributed by atoms with Crippen molar-refractivity contribution in [2.75, 3.05) is 13.6 Å². The Morgan fingerprint density at radius 1 is 1.12 bits per heavy atom. The minimum absolute atomic E-state index is 0.123. The van der Waals surface area contributed by atoms with Gasteiger partial charge in [0, 0.05) is 24.7 Å². The van der Waals surface area contributed by atoms with Crippen molar-refractivity contribution in [1.29, 1.82) is 0 Å². The monoisotopic (exact) mass is 339 g/mol. The number of benzene rings is 1. The number of hydrogen-bond acceptors (Lipinski definition) is 2. The van der Waals surface area contributed by atoms with Gasteiger partial charge in [0.2, 0.25) is 0 Å². The molecule has 0 aromatic heterocycles. The number of carbonyl (C=O) groups excluding carboxylic acids is 2. The Hall–Kier alpha value is -2.51. The maximum atomic E-state index is 14.2. The fraction of sp³-hybridized carbons (Fsp3) is 0.375. The first-order valence-corrected chi connectivity index (χ1v) is 7.45. The number of carbonyl (C=O) groups is 2. The molecule has 1 N–H and O–H groups in total. The molecule has 3 rings (SSSR count). The van der Waals surface area contributed by atoms with Crippen molar-refractivity contribution in [2.24, 2.45) is 0 Å². The van der Waals surface area contributed by atoms with Crippen molar-refractivity contribution in [3.8, 4) is 0 Å². The molecule has 8 heteroatoms. The molecule has 0 bridgehead atoms. The summed E-state index contributed by atoms with van der Waals surface area (Å²) in [5, 5.41) is 2.48. The van der Waals surface area contributed by atoms with Gasteiger partial charge in [-0.15, -0.1) is 0 Å². The normalized spacial score (nSPS) is 20.9. The summed E-state index contributed by atoms with van der Waals surface area (Å²) in [4.78, 5) is 27.6. The second-order valence-corrected chi connectivity index (χ2v) is 6.12. The molecule has 2 heterocycles. The van der Waals surface area contributed by atoms with Gasteiger partial charge in [0.25, 0.3) is 5.91 Å². The Morgan fingerprint density at radius 2 is 1.75 bits per heavy atom. The van der Waals surface area contributed by atoms with Crippen LogP contribution >= 0.6 is 0 Å². The highest BCUT2D eigenvalue weighted by atomic mass is 19.2. The third kappa shape index (κ3) is 2.33. The lowest BCUT2D eigenvalue weighted by atomic mass is 9.95. The van der Waals surface area contributed by atoms with E-state index in [1.54, 1.807) is 0 Å². The minimum Gasteiger partial charge on any atom is -0.331 e. The van der Waals surface area contributed by atoms with Gasteiger partial charge in [-0.25, -0.2) is 18.0 Å². The zero-order chi connectivity index (χ0) is 17.8. The van der Waals surface area contributed by atoms with E-state index in [4.69, 9.17) is 0 Å². The van der Waals surface area contributed by atoms with Crippen molar-refractivity contribution in [2.45, 2.75) is 25.9 Å². The van der Waals surface area contributed by atoms with E-state index >= 15 is 0 Å². The van der Waals surface area contributed by atoms with Gasteiger partial charge in [-0.2, -0.15) is 0 Å². The summed E-state index contributed by atoms with van der Waals surface area (Å²) in [5.74, 6) is -3.95. The molecule has 0 saturated heterocycles. The Kier molecular flexibility index (Phi) is 3.77. The van der Waals surface area contributed by atoms with E-state index in [1.807, 2.05) is 13.8 Å². The zero-order valence-corrected chi connectivity index (χ0v) is 13.4. The van der Waals surface area contributed by atoms with Crippen LogP contribution in [0, 0.1) is 17.5 Å². The van der Waals surface area contributed by atoms with Crippen LogP contribution in [0.1, 0.15) is 25.5 Å². The fourth-order valence-corrected chi connectivity index (χ4v) is 3.00. The topological polar surface area (TPSA) is 52.7 Å². The molecule has 128 valence electrons. The van der Waals surface area contributed by atoms with Crippen LogP contribution in [0.25, 0.3) is 0 Å². The summed E-state index contributed by atoms with van der Waals surface area (Å²) in [5.41, 5.74) is 0.337. The van der Waals surface area contributed by atoms with Gasteiger partial charge in [-0.05, 0) is 19.9 Å². The smallest absolute Gasteiger partial charge is 0.322 e. The summed E-state index contributed by atoms with van der Waals surface area (Å²) in [6.45, 7) is 3.84. The summed E-state index contributed by atoms with van der Waals surface area (Å²) >= 11 is 0. The maximum absolute atomic E-state index is 14.2. The predicted molar refractivity (Wildman–Crippen MR) is 79.2 cm³/mol. The molecule has 0 aliphatic carbocycles. The molecule has 0 fully saturated rings. The highest BCUT2D eigenvalue weighted by molar-refractivity contribution is 6.01. The molecule has 1 aromatic rings. The van der Waals surface area contributed by atoms with Gasteiger partial charge in [-0.3, -0.25) is 9.69 Å². The lowest BCUT2D eigenvalue weighted by molar-refractivity contribution is -0.127. The first kappa shape index (κ1) is 16.4. The Labute approximate surface area is 136 Å². The number of halogens is 3. The second kappa shape index (κ2) is 5.54. The zero-order valence-electron chi connectivity index (χ0n) is 13.4. The molecule has 1 atom stereocenters. The first-order chi connectivity index (χ1) is 11.2. The van der Waals surface area contributed by atoms with Crippen molar-refractivity contribution in [3.05, 3.63) is 46.4 Å². The first-order valence-electron chi connectivity index (χ1n) is 7.45. The lowest BCUT2D eigenvalue weighted by Gasteiger charge is -2.31. The minimum atomic E-state index is -1.33. The van der Waals surface area contributed by atoms with Crippen LogP contribution in [0.4, 0.5) is 18.0 Å². The molecule has 0 radical (unpaired) electrons. The Bertz CT molecular complexity index is 776. The number of nitrogens with one attached hydrogen (secondary N) is 1. The number of rotatable bonds is 2. The van der Waals surface area contributed by atoms with E-state index in [-0.39, 0.29) is 29.6 Å². The second-order valence-electron chi connectivity index (χ2n) is 6.12. The Balaban J connectivity index is 2.13. The average Bonchev–Trinajstić information content (AvgIpc) is 2.85. The van der Waals surface area contributed by atoms with E-state index in [0.29, 0.717) is 17.8 Å². The standard InChI is InChI=1S/C16H16F3N3O2/c1-7(2)22-6-12-13(15(22)23)14(20-16(24)21(12)3)8-4-10(18)11(19)5-9(8)17/h4-5,7,14H,6H2,1-3H3,(H,20,24). The van der Waals surface area contributed by atoms with Crippen LogP contribution in [-0.4, -0.2) is 41.4 Å². The van der Waals surface area contributed by atoms with E-state index in [9.17, 15) is 22.8 Å². The number of urea groups is 1. The van der Waals surface area contributed by atoms with Gasteiger partial charge >= 0.3 is 6.03 Å². The fourth-order valence-electron chi connectivity index (χ4n) is 3.00. The molecule has 1 aromatic carbocycles. The number of amides is 3. The van der Waals surface area contributed by atoms with Crippen LogP contribution in [0.3, 0.4) is 0 Å². The highest BCUT2D eigenvalue weighted by Crippen LogP contribution is 2.37. The quantitative estimate of drug-likeness (QED) is 0.841. The van der Waals surface area contributed by atoms with Crippen LogP contribution in [0.2, 0.25) is 0 Å². The molecule has 2 aliphatic rings. The molecular formula is C16H16F3N3O2. The molecule has 5 nitrogen and oxygen atoms in total. The van der Waals surface area contributed by atoms with Crippen molar-refractivity contribution in [3.63, 3.8) is 0 Å². The van der Waals surface area contributed by atoms with Crippen LogP contribution in [-0.2, 0) is 4.79 Å². The van der Waals surface area contributed by atoms with Crippen molar-refractivity contribution in [1.82, 2.24) is 15.1 Å². The summed E-state index contributed by atoms with van der Waals surface area (Å²) < 4.78 is 40.9. The van der Waals surface area contributed by atoms with Crippen molar-refractivity contribution >= 4 is 11.9 Å².